The van der Waals surface area contributed by atoms with Crippen LogP contribution in [-0.2, 0) is 20.9 Å². The van der Waals surface area contributed by atoms with Crippen molar-refractivity contribution in [1.82, 2.24) is 15.1 Å². The summed E-state index contributed by atoms with van der Waals surface area (Å²) in [6, 6.07) is 24.1. The maximum absolute atomic E-state index is 13.9. The summed E-state index contributed by atoms with van der Waals surface area (Å²) in [6.45, 7) is 7.39. The Labute approximate surface area is 253 Å². The molecule has 43 heavy (non-hydrogen) atoms. The highest BCUT2D eigenvalue weighted by molar-refractivity contribution is 6.09. The molecule has 0 unspecified atom stereocenters. The second kappa shape index (κ2) is 13.5. The van der Waals surface area contributed by atoms with Crippen LogP contribution in [0.15, 0.2) is 84.9 Å². The Morgan fingerprint density at radius 1 is 0.860 bits per heavy atom. The Hall–Kier alpha value is -4.72. The van der Waals surface area contributed by atoms with Crippen molar-refractivity contribution in [3.8, 4) is 0 Å². The van der Waals surface area contributed by atoms with E-state index in [0.29, 0.717) is 5.56 Å². The van der Waals surface area contributed by atoms with Crippen LogP contribution in [0.4, 0.5) is 4.79 Å². The van der Waals surface area contributed by atoms with Crippen molar-refractivity contribution in [2.24, 2.45) is 5.92 Å². The molecule has 4 rings (SSSR count). The van der Waals surface area contributed by atoms with Crippen LogP contribution in [0.3, 0.4) is 0 Å². The number of carboxylic acid groups (broad SMARTS) is 1. The first kappa shape index (κ1) is 31.2. The summed E-state index contributed by atoms with van der Waals surface area (Å²) in [5.74, 6) is -2.11. The van der Waals surface area contributed by atoms with Gasteiger partial charge in [-0.25, -0.2) is 9.69 Å². The first-order chi connectivity index (χ1) is 20.5. The molecule has 0 bridgehead atoms. The van der Waals surface area contributed by atoms with Gasteiger partial charge < -0.3 is 15.3 Å². The number of benzene rings is 3. The van der Waals surface area contributed by atoms with Crippen LogP contribution in [0.25, 0.3) is 12.2 Å². The number of hydrogen-bond acceptors (Lipinski definition) is 4. The number of hydrogen-bond donors (Lipinski definition) is 2. The predicted octanol–water partition coefficient (Wildman–Crippen LogP) is 6.15. The number of carbonyl (C=O) groups excluding carboxylic acids is 3. The van der Waals surface area contributed by atoms with E-state index in [2.05, 4.69) is 5.32 Å². The Kier molecular flexibility index (Phi) is 9.80. The number of carbonyl (C=O) groups is 4. The summed E-state index contributed by atoms with van der Waals surface area (Å²) in [7, 11) is 0. The summed E-state index contributed by atoms with van der Waals surface area (Å²) in [4.78, 5) is 55.5. The number of rotatable bonds is 12. The largest absolute Gasteiger partial charge is 0.481 e. The molecule has 3 aromatic rings. The van der Waals surface area contributed by atoms with Crippen LogP contribution < -0.4 is 5.32 Å². The Bertz CT molecular complexity index is 1470. The van der Waals surface area contributed by atoms with Crippen molar-refractivity contribution in [3.63, 3.8) is 0 Å². The monoisotopic (exact) mass is 581 g/mol. The molecule has 0 aliphatic carbocycles. The van der Waals surface area contributed by atoms with Gasteiger partial charge in [0.25, 0.3) is 5.91 Å². The smallest absolute Gasteiger partial charge is 0.328 e. The number of imide groups is 1. The average molecular weight is 582 g/mol. The van der Waals surface area contributed by atoms with Gasteiger partial charge in [-0.1, -0.05) is 111 Å². The first-order valence-corrected chi connectivity index (χ1v) is 14.5. The number of carboxylic acids is 1. The lowest BCUT2D eigenvalue weighted by Gasteiger charge is -2.29. The van der Waals surface area contributed by atoms with E-state index in [4.69, 9.17) is 0 Å². The van der Waals surface area contributed by atoms with Gasteiger partial charge in [-0.05, 0) is 48.4 Å². The molecule has 1 aliphatic rings. The van der Waals surface area contributed by atoms with Crippen LogP contribution in [0.2, 0.25) is 0 Å². The molecule has 1 fully saturated rings. The highest BCUT2D eigenvalue weighted by Crippen LogP contribution is 2.33. The van der Waals surface area contributed by atoms with Crippen molar-refractivity contribution < 1.29 is 24.3 Å². The van der Waals surface area contributed by atoms with Crippen molar-refractivity contribution in [2.45, 2.75) is 64.7 Å². The molecule has 4 amide bonds. The topological polar surface area (TPSA) is 107 Å². The van der Waals surface area contributed by atoms with Gasteiger partial charge in [-0.15, -0.1) is 0 Å². The number of aliphatic carboxylic acids is 1. The summed E-state index contributed by atoms with van der Waals surface area (Å²) in [6.07, 6.45) is 3.94. The van der Waals surface area contributed by atoms with Crippen LogP contribution in [-0.4, -0.2) is 50.3 Å². The highest BCUT2D eigenvalue weighted by atomic mass is 16.4. The molecule has 2 atom stereocenters. The predicted molar refractivity (Wildman–Crippen MR) is 166 cm³/mol. The zero-order valence-corrected chi connectivity index (χ0v) is 25.1. The number of urea groups is 1. The van der Waals surface area contributed by atoms with Crippen molar-refractivity contribution in [3.05, 3.63) is 107 Å². The lowest BCUT2D eigenvalue weighted by molar-refractivity contribution is -0.140. The molecule has 8 nitrogen and oxygen atoms in total. The summed E-state index contributed by atoms with van der Waals surface area (Å²) in [5.41, 5.74) is 2.39. The van der Waals surface area contributed by atoms with Gasteiger partial charge >= 0.3 is 12.0 Å². The molecule has 0 radical (unpaired) electrons. The molecule has 1 heterocycles. The maximum Gasteiger partial charge on any atom is 0.328 e. The molecule has 224 valence electrons. The van der Waals surface area contributed by atoms with E-state index in [9.17, 15) is 24.3 Å². The molecule has 1 aliphatic heterocycles. The van der Waals surface area contributed by atoms with Crippen LogP contribution >= 0.6 is 0 Å². The summed E-state index contributed by atoms with van der Waals surface area (Å²) in [5, 5.41) is 12.3. The van der Waals surface area contributed by atoms with Gasteiger partial charge in [-0.3, -0.25) is 14.4 Å². The minimum Gasteiger partial charge on any atom is -0.481 e. The van der Waals surface area contributed by atoms with E-state index in [0.717, 1.165) is 21.6 Å². The number of nitrogens with zero attached hydrogens (tertiary/aromatic N) is 2. The van der Waals surface area contributed by atoms with Gasteiger partial charge in [0, 0.05) is 6.54 Å². The van der Waals surface area contributed by atoms with E-state index in [1.165, 1.54) is 4.90 Å². The second-order valence-corrected chi connectivity index (χ2v) is 11.8. The van der Waals surface area contributed by atoms with Crippen LogP contribution in [0, 0.1) is 5.92 Å². The zero-order valence-electron chi connectivity index (χ0n) is 25.1. The summed E-state index contributed by atoms with van der Waals surface area (Å²) >= 11 is 0. The minimum absolute atomic E-state index is 0.0142. The third kappa shape index (κ3) is 7.57. The molecule has 3 aromatic carbocycles. The van der Waals surface area contributed by atoms with Crippen LogP contribution in [0.5, 0.6) is 0 Å². The number of amides is 4. The van der Waals surface area contributed by atoms with Crippen molar-refractivity contribution in [2.75, 3.05) is 0 Å². The number of nitrogens with one attached hydrogen (secondary N) is 1. The average Bonchev–Trinajstić information content (AvgIpc) is 3.14. The fourth-order valence-corrected chi connectivity index (χ4v) is 5.24. The van der Waals surface area contributed by atoms with Crippen molar-refractivity contribution in [1.29, 1.82) is 0 Å². The van der Waals surface area contributed by atoms with Crippen LogP contribution in [0.1, 0.15) is 68.8 Å². The Morgan fingerprint density at radius 2 is 1.42 bits per heavy atom. The van der Waals surface area contributed by atoms with Gasteiger partial charge in [0.15, 0.2) is 0 Å². The highest BCUT2D eigenvalue weighted by Gasteiger charge is 2.54. The Morgan fingerprint density at radius 3 is 1.98 bits per heavy atom. The Balaban J connectivity index is 1.54. The second-order valence-electron chi connectivity index (χ2n) is 11.8. The fourth-order valence-electron chi connectivity index (χ4n) is 5.24. The van der Waals surface area contributed by atoms with Gasteiger partial charge in [-0.2, -0.15) is 0 Å². The van der Waals surface area contributed by atoms with E-state index in [1.807, 2.05) is 80.6 Å². The van der Waals surface area contributed by atoms with Gasteiger partial charge in [0.2, 0.25) is 5.91 Å². The standard InChI is InChI=1S/C35H39N3O5/c1-24(2)21-30(32(41)36-29(22-31(39)40)28-13-9-6-10-14-28)38-33(42)35(3,4)37(34(38)43)23-27-19-17-26(18-20-27)16-15-25-11-7-5-8-12-25/h5-20,24,29-30H,21-23H2,1-4H3,(H,36,41)(H,39,40)/b16-15+/t29-,30+/m1/s1. The summed E-state index contributed by atoms with van der Waals surface area (Å²) < 4.78 is 0. The van der Waals surface area contributed by atoms with Crippen molar-refractivity contribution >= 4 is 36.0 Å². The van der Waals surface area contributed by atoms with Gasteiger partial charge in [0.1, 0.15) is 11.6 Å². The third-order valence-corrected chi connectivity index (χ3v) is 7.65. The quantitative estimate of drug-likeness (QED) is 0.197. The molecule has 0 saturated carbocycles. The maximum atomic E-state index is 13.9. The lowest BCUT2D eigenvalue weighted by Crippen LogP contribution is -2.52. The lowest BCUT2D eigenvalue weighted by atomic mass is 9.98. The fraction of sp³-hybridized carbons (Fsp3) is 0.314. The van der Waals surface area contributed by atoms with Gasteiger partial charge in [0.05, 0.1) is 12.5 Å². The SMILES string of the molecule is CC(C)C[C@@H](C(=O)N[C@H](CC(=O)O)c1ccccc1)N1C(=O)N(Cc2ccc(/C=C/c3ccccc3)cc2)C(C)(C)C1=O. The molecule has 8 heteroatoms. The minimum atomic E-state index is -1.18. The normalized spacial score (nSPS) is 16.1. The molecular formula is C35H39N3O5. The van der Waals surface area contributed by atoms with E-state index in [-0.39, 0.29) is 25.3 Å². The first-order valence-electron chi connectivity index (χ1n) is 14.5. The molecule has 2 N–H and O–H groups in total. The molecular weight excluding hydrogens is 542 g/mol. The third-order valence-electron chi connectivity index (χ3n) is 7.65. The van der Waals surface area contributed by atoms with E-state index >= 15 is 0 Å². The van der Waals surface area contributed by atoms with E-state index in [1.54, 1.807) is 44.2 Å². The molecule has 0 aromatic heterocycles. The molecule has 0 spiro atoms. The molecule has 1 saturated heterocycles. The van der Waals surface area contributed by atoms with E-state index < -0.39 is 41.4 Å². The zero-order chi connectivity index (χ0) is 31.1.